The van der Waals surface area contributed by atoms with E-state index in [9.17, 15) is 9.00 Å². The molecule has 0 amide bonds. The Hall–Kier alpha value is -0.970. The number of Topliss-reactive ketones (excluding diaryl/α,β-unsaturated/α-hetero) is 1. The van der Waals surface area contributed by atoms with Crippen molar-refractivity contribution in [1.29, 1.82) is 0 Å². The Bertz CT molecular complexity index is 267. The molecule has 5 heteroatoms. The fourth-order valence-corrected chi connectivity index (χ4v) is 1.13. The molecule has 0 radical (unpaired) electrons. The van der Waals surface area contributed by atoms with E-state index < -0.39 is 10.8 Å². The topological polar surface area (TPSA) is 60.2 Å². The van der Waals surface area contributed by atoms with Gasteiger partial charge in [0.1, 0.15) is 12.0 Å². The molecule has 60 valence electrons. The molecule has 1 rings (SSSR count). The highest BCUT2D eigenvalue weighted by Gasteiger charge is 2.09. The van der Waals surface area contributed by atoms with Gasteiger partial charge in [0, 0.05) is 23.1 Å². The molecule has 0 N–H and O–H groups in total. The molecule has 0 aliphatic heterocycles. The summed E-state index contributed by atoms with van der Waals surface area (Å²) in [4.78, 5) is 11.0. The van der Waals surface area contributed by atoms with E-state index in [-0.39, 0.29) is 17.2 Å². The minimum absolute atomic E-state index is 0.00648. The van der Waals surface area contributed by atoms with Gasteiger partial charge < -0.3 is 4.52 Å². The normalized spacial score (nSPS) is 12.8. The van der Waals surface area contributed by atoms with Crippen LogP contribution in [-0.4, -0.2) is 27.2 Å². The lowest BCUT2D eigenvalue weighted by Crippen LogP contribution is -2.09. The zero-order valence-corrected chi connectivity index (χ0v) is 6.76. The molecule has 1 aromatic heterocycles. The van der Waals surface area contributed by atoms with Crippen molar-refractivity contribution in [1.82, 2.24) is 5.16 Å². The number of hydrogen-bond acceptors (Lipinski definition) is 4. The first-order chi connectivity index (χ1) is 5.20. The number of hydrogen-bond donors (Lipinski definition) is 0. The molecule has 0 aliphatic rings. The molecule has 1 heterocycles. The van der Waals surface area contributed by atoms with E-state index in [1.165, 1.54) is 18.6 Å². The standard InChI is InChI=1S/C6H7NO3S/c1-11(9)4-6(8)5-2-3-10-7-5/h2-3H,4H2,1H3. The molecule has 1 unspecified atom stereocenters. The molecule has 0 fully saturated rings. The predicted octanol–water partition coefficient (Wildman–Crippen LogP) is 0.236. The minimum atomic E-state index is -1.11. The van der Waals surface area contributed by atoms with Crippen molar-refractivity contribution in [2.24, 2.45) is 0 Å². The smallest absolute Gasteiger partial charge is 0.197 e. The van der Waals surface area contributed by atoms with Crippen LogP contribution >= 0.6 is 0 Å². The lowest BCUT2D eigenvalue weighted by Gasteiger charge is -1.89. The fourth-order valence-electron chi connectivity index (χ4n) is 0.615. The van der Waals surface area contributed by atoms with Crippen LogP contribution in [0.4, 0.5) is 0 Å². The van der Waals surface area contributed by atoms with Crippen LogP contribution in [-0.2, 0) is 10.8 Å². The van der Waals surface area contributed by atoms with E-state index >= 15 is 0 Å². The SMILES string of the molecule is CS(=O)CC(=O)c1ccon1. The largest absolute Gasteiger partial charge is 0.364 e. The van der Waals surface area contributed by atoms with E-state index in [0.29, 0.717) is 0 Å². The van der Waals surface area contributed by atoms with Gasteiger partial charge in [0.15, 0.2) is 5.78 Å². The van der Waals surface area contributed by atoms with Crippen molar-refractivity contribution in [2.45, 2.75) is 0 Å². The molecule has 1 aromatic rings. The van der Waals surface area contributed by atoms with Crippen LogP contribution in [0, 0.1) is 0 Å². The van der Waals surface area contributed by atoms with E-state index in [1.54, 1.807) is 0 Å². The van der Waals surface area contributed by atoms with Gasteiger partial charge >= 0.3 is 0 Å². The van der Waals surface area contributed by atoms with Crippen molar-refractivity contribution < 1.29 is 13.5 Å². The first-order valence-electron chi connectivity index (χ1n) is 2.94. The molecular weight excluding hydrogens is 166 g/mol. The zero-order valence-electron chi connectivity index (χ0n) is 5.94. The van der Waals surface area contributed by atoms with Crippen molar-refractivity contribution in [3.8, 4) is 0 Å². The van der Waals surface area contributed by atoms with Gasteiger partial charge in [-0.3, -0.25) is 9.00 Å². The van der Waals surface area contributed by atoms with Crippen LogP contribution in [0.15, 0.2) is 16.9 Å². The quantitative estimate of drug-likeness (QED) is 0.614. The molecule has 0 bridgehead atoms. The molecule has 0 saturated carbocycles. The van der Waals surface area contributed by atoms with E-state index in [2.05, 4.69) is 9.68 Å². The van der Waals surface area contributed by atoms with Crippen LogP contribution in [0.3, 0.4) is 0 Å². The van der Waals surface area contributed by atoms with Crippen LogP contribution in [0.25, 0.3) is 0 Å². The fraction of sp³-hybridized carbons (Fsp3) is 0.333. The molecule has 1 atom stereocenters. The van der Waals surface area contributed by atoms with Crippen molar-refractivity contribution in [3.05, 3.63) is 18.0 Å². The lowest BCUT2D eigenvalue weighted by atomic mass is 10.3. The van der Waals surface area contributed by atoms with Crippen molar-refractivity contribution in [2.75, 3.05) is 12.0 Å². The van der Waals surface area contributed by atoms with Crippen LogP contribution in [0.2, 0.25) is 0 Å². The van der Waals surface area contributed by atoms with Gasteiger partial charge in [-0.05, 0) is 0 Å². The number of ketones is 1. The Morgan fingerprint density at radius 3 is 3.00 bits per heavy atom. The number of carbonyl (C=O) groups excluding carboxylic acids is 1. The zero-order chi connectivity index (χ0) is 8.27. The summed E-state index contributed by atoms with van der Waals surface area (Å²) in [6.45, 7) is 0. The third-order valence-electron chi connectivity index (χ3n) is 1.06. The van der Waals surface area contributed by atoms with Gasteiger partial charge in [-0.15, -0.1) is 0 Å². The van der Waals surface area contributed by atoms with Crippen LogP contribution < -0.4 is 0 Å². The summed E-state index contributed by atoms with van der Waals surface area (Å²) in [7, 11) is -1.11. The number of carbonyl (C=O) groups is 1. The summed E-state index contributed by atoms with van der Waals surface area (Å²) in [5.74, 6) is -0.244. The molecule has 0 aliphatic carbocycles. The second-order valence-corrected chi connectivity index (χ2v) is 3.46. The van der Waals surface area contributed by atoms with Gasteiger partial charge in [-0.25, -0.2) is 0 Å². The number of rotatable bonds is 3. The second-order valence-electron chi connectivity index (χ2n) is 2.03. The first kappa shape index (κ1) is 8.13. The van der Waals surface area contributed by atoms with Crippen LogP contribution in [0.1, 0.15) is 10.5 Å². The maximum absolute atomic E-state index is 11.0. The maximum atomic E-state index is 11.0. The van der Waals surface area contributed by atoms with E-state index in [4.69, 9.17) is 0 Å². The molecule has 0 saturated heterocycles. The minimum Gasteiger partial charge on any atom is -0.364 e. The molecule has 0 spiro atoms. The Labute approximate surface area is 66.0 Å². The average molecular weight is 173 g/mol. The average Bonchev–Trinajstić information content (AvgIpc) is 2.35. The highest BCUT2D eigenvalue weighted by Crippen LogP contribution is 1.96. The molecule has 11 heavy (non-hydrogen) atoms. The molecular formula is C6H7NO3S. The Kier molecular flexibility index (Phi) is 2.53. The van der Waals surface area contributed by atoms with E-state index in [0.717, 1.165) is 0 Å². The number of aromatic nitrogens is 1. The van der Waals surface area contributed by atoms with E-state index in [1.807, 2.05) is 0 Å². The number of nitrogens with zero attached hydrogens (tertiary/aromatic N) is 1. The first-order valence-corrected chi connectivity index (χ1v) is 4.66. The summed E-state index contributed by atoms with van der Waals surface area (Å²) in [5, 5.41) is 3.41. The highest BCUT2D eigenvalue weighted by molar-refractivity contribution is 7.85. The summed E-state index contributed by atoms with van der Waals surface area (Å²) < 4.78 is 15.0. The Balaban J connectivity index is 2.64. The van der Waals surface area contributed by atoms with Crippen molar-refractivity contribution in [3.63, 3.8) is 0 Å². The molecule has 4 nitrogen and oxygen atoms in total. The third kappa shape index (κ3) is 2.27. The maximum Gasteiger partial charge on any atom is 0.197 e. The summed E-state index contributed by atoms with van der Waals surface area (Å²) >= 11 is 0. The van der Waals surface area contributed by atoms with Gasteiger partial charge in [0.25, 0.3) is 0 Å². The lowest BCUT2D eigenvalue weighted by molar-refractivity contribution is 0.101. The molecule has 0 aromatic carbocycles. The third-order valence-corrected chi connectivity index (χ3v) is 1.73. The van der Waals surface area contributed by atoms with Gasteiger partial charge in [-0.2, -0.15) is 0 Å². The Morgan fingerprint density at radius 1 is 1.82 bits per heavy atom. The van der Waals surface area contributed by atoms with Gasteiger partial charge in [-0.1, -0.05) is 5.16 Å². The second kappa shape index (κ2) is 3.43. The van der Waals surface area contributed by atoms with Crippen LogP contribution in [0.5, 0.6) is 0 Å². The van der Waals surface area contributed by atoms with Gasteiger partial charge in [0.2, 0.25) is 0 Å². The summed E-state index contributed by atoms with van der Waals surface area (Å²) in [5.41, 5.74) is 0.236. The van der Waals surface area contributed by atoms with Gasteiger partial charge in [0.05, 0.1) is 5.75 Å². The highest BCUT2D eigenvalue weighted by atomic mass is 32.2. The van der Waals surface area contributed by atoms with Crippen molar-refractivity contribution >= 4 is 16.6 Å². The summed E-state index contributed by atoms with van der Waals surface area (Å²) in [6.07, 6.45) is 2.78. The monoisotopic (exact) mass is 173 g/mol. The Morgan fingerprint density at radius 2 is 2.55 bits per heavy atom. The summed E-state index contributed by atoms with van der Waals surface area (Å²) in [6, 6.07) is 1.45. The predicted molar refractivity (Wildman–Crippen MR) is 39.8 cm³/mol.